The summed E-state index contributed by atoms with van der Waals surface area (Å²) in [6.07, 6.45) is -2.68. The highest BCUT2D eigenvalue weighted by Gasteiger charge is 2.40. The lowest BCUT2D eigenvalue weighted by molar-refractivity contribution is -0.137. The van der Waals surface area contributed by atoms with Crippen LogP contribution >= 0.6 is 11.6 Å². The summed E-state index contributed by atoms with van der Waals surface area (Å²) < 4.78 is 82.9. The van der Waals surface area contributed by atoms with E-state index in [9.17, 15) is 31.1 Å². The number of aliphatic hydroxyl groups excluding tert-OH is 1. The van der Waals surface area contributed by atoms with Crippen LogP contribution in [-0.2, 0) is 22.6 Å². The van der Waals surface area contributed by atoms with Crippen LogP contribution in [0.4, 0.5) is 23.2 Å². The Balaban J connectivity index is 1.85. The highest BCUT2D eigenvalue weighted by atomic mass is 35.5. The third-order valence-corrected chi connectivity index (χ3v) is 8.79. The molecule has 10 heteroatoms. The number of alkyl halides is 3. The van der Waals surface area contributed by atoms with Crippen molar-refractivity contribution in [3.63, 3.8) is 0 Å². The normalized spacial score (nSPS) is 18.6. The summed E-state index contributed by atoms with van der Waals surface area (Å²) in [7, 11) is -4.44. The molecular formula is C27H24ClF4NO3S. The van der Waals surface area contributed by atoms with Crippen LogP contribution in [0.15, 0.2) is 65.6 Å². The maximum atomic E-state index is 14.4. The number of fused-ring (bicyclic) bond motifs is 1. The number of anilines is 1. The number of nitrogens with zero attached hydrogens (tertiary/aromatic N) is 1. The van der Waals surface area contributed by atoms with E-state index in [0.29, 0.717) is 29.2 Å². The monoisotopic (exact) mass is 553 g/mol. The second kappa shape index (κ2) is 10.1. The Morgan fingerprint density at radius 2 is 1.84 bits per heavy atom. The summed E-state index contributed by atoms with van der Waals surface area (Å²) in [6, 6.07) is 12.2. The van der Waals surface area contributed by atoms with Crippen molar-refractivity contribution in [1.29, 1.82) is 0 Å². The van der Waals surface area contributed by atoms with E-state index in [1.807, 2.05) is 0 Å². The Bertz CT molecular complexity index is 1450. The summed E-state index contributed by atoms with van der Waals surface area (Å²) in [5.41, 5.74) is 1.10. The second-order valence-electron chi connectivity index (χ2n) is 9.03. The van der Waals surface area contributed by atoms with E-state index in [1.54, 1.807) is 44.2 Å². The quantitative estimate of drug-likeness (QED) is 0.279. The molecule has 2 atom stereocenters. The van der Waals surface area contributed by atoms with Gasteiger partial charge in [0.25, 0.3) is 10.0 Å². The van der Waals surface area contributed by atoms with E-state index in [1.165, 1.54) is 12.1 Å². The van der Waals surface area contributed by atoms with E-state index in [0.717, 1.165) is 22.5 Å². The number of hydrogen-bond acceptors (Lipinski definition) is 3. The molecular weight excluding hydrogens is 530 g/mol. The van der Waals surface area contributed by atoms with Crippen LogP contribution in [0.1, 0.15) is 36.1 Å². The fourth-order valence-electron chi connectivity index (χ4n) is 4.62. The zero-order valence-corrected chi connectivity index (χ0v) is 21.5. The van der Waals surface area contributed by atoms with Crippen LogP contribution in [0, 0.1) is 11.7 Å². The first-order valence-corrected chi connectivity index (χ1v) is 13.2. The Kier molecular flexibility index (Phi) is 7.43. The fourth-order valence-corrected chi connectivity index (χ4v) is 6.73. The maximum absolute atomic E-state index is 14.4. The van der Waals surface area contributed by atoms with E-state index in [4.69, 9.17) is 11.6 Å². The molecule has 0 spiro atoms. The molecule has 3 aromatic rings. The van der Waals surface area contributed by atoms with Crippen molar-refractivity contribution in [1.82, 2.24) is 0 Å². The van der Waals surface area contributed by atoms with Gasteiger partial charge in [0.1, 0.15) is 5.82 Å². The third-order valence-electron chi connectivity index (χ3n) is 6.57. The minimum atomic E-state index is -4.71. The molecule has 0 radical (unpaired) electrons. The summed E-state index contributed by atoms with van der Waals surface area (Å²) in [5, 5.41) is 10.1. The predicted molar refractivity (Wildman–Crippen MR) is 136 cm³/mol. The molecule has 37 heavy (non-hydrogen) atoms. The molecule has 0 bridgehead atoms. The zero-order valence-electron chi connectivity index (χ0n) is 19.9. The second-order valence-corrected chi connectivity index (χ2v) is 11.2. The molecule has 0 saturated heterocycles. The molecule has 0 unspecified atom stereocenters. The van der Waals surface area contributed by atoms with Crippen LogP contribution in [-0.4, -0.2) is 26.2 Å². The molecule has 1 N–H and O–H groups in total. The van der Waals surface area contributed by atoms with Gasteiger partial charge in [0, 0.05) is 24.1 Å². The smallest absolute Gasteiger partial charge is 0.396 e. The number of benzene rings is 3. The number of halogens is 5. The highest BCUT2D eigenvalue weighted by Crippen LogP contribution is 2.40. The average molecular weight is 554 g/mol. The van der Waals surface area contributed by atoms with Gasteiger partial charge in [0.2, 0.25) is 0 Å². The number of rotatable bonds is 5. The molecule has 1 aliphatic heterocycles. The highest BCUT2D eigenvalue weighted by molar-refractivity contribution is 7.92. The molecule has 4 nitrogen and oxygen atoms in total. The molecule has 1 heterocycles. The van der Waals surface area contributed by atoms with Crippen LogP contribution in [0.3, 0.4) is 0 Å². The molecule has 0 aromatic heterocycles. The Morgan fingerprint density at radius 1 is 1.14 bits per heavy atom. The molecule has 0 amide bonds. The molecule has 0 fully saturated rings. The van der Waals surface area contributed by atoms with Gasteiger partial charge in [-0.1, -0.05) is 41.9 Å². The van der Waals surface area contributed by atoms with Gasteiger partial charge in [-0.25, -0.2) is 12.8 Å². The maximum Gasteiger partial charge on any atom is 0.416 e. The Morgan fingerprint density at radius 3 is 2.49 bits per heavy atom. The SMILES string of the molecule is CC(=Cc1ccc2c(c1)N(S(=O)(=O)c1cccc(C(F)(F)F)c1)[C@H](C)[C@H](CO)C2)c1c(F)cccc1Cl. The largest absolute Gasteiger partial charge is 0.416 e. The van der Waals surface area contributed by atoms with Crippen LogP contribution < -0.4 is 4.31 Å². The third kappa shape index (κ3) is 5.26. The number of hydrogen-bond donors (Lipinski definition) is 1. The van der Waals surface area contributed by atoms with E-state index < -0.39 is 44.4 Å². The summed E-state index contributed by atoms with van der Waals surface area (Å²) in [4.78, 5) is -0.506. The lowest BCUT2D eigenvalue weighted by atomic mass is 9.88. The Labute approximate surface area is 217 Å². The van der Waals surface area contributed by atoms with Gasteiger partial charge in [-0.3, -0.25) is 4.31 Å². The van der Waals surface area contributed by atoms with Crippen molar-refractivity contribution in [3.8, 4) is 0 Å². The van der Waals surface area contributed by atoms with Crippen LogP contribution in [0.2, 0.25) is 5.02 Å². The molecule has 1 aliphatic rings. The lowest BCUT2D eigenvalue weighted by Gasteiger charge is -2.40. The van der Waals surface area contributed by atoms with Crippen molar-refractivity contribution < 1.29 is 31.1 Å². The topological polar surface area (TPSA) is 57.6 Å². The van der Waals surface area contributed by atoms with Crippen molar-refractivity contribution in [3.05, 3.63) is 93.8 Å². The standard InChI is InChI=1S/C27H24ClF4NO3S/c1-16(26-23(28)7-4-8-24(26)29)11-18-9-10-19-13-20(15-34)17(2)33(25(19)12-18)37(35,36)22-6-3-5-21(14-22)27(30,31)32/h3-12,14,17,20,34H,13,15H2,1-2H3/t17-,20+/m1/s1. The first kappa shape index (κ1) is 27.2. The molecule has 0 saturated carbocycles. The van der Waals surface area contributed by atoms with Crippen molar-refractivity contribution in [2.24, 2.45) is 5.92 Å². The number of aliphatic hydroxyl groups is 1. The van der Waals surface area contributed by atoms with E-state index in [-0.39, 0.29) is 22.9 Å². The van der Waals surface area contributed by atoms with Crippen LogP contribution in [0.5, 0.6) is 0 Å². The van der Waals surface area contributed by atoms with E-state index >= 15 is 0 Å². The van der Waals surface area contributed by atoms with Crippen molar-refractivity contribution >= 4 is 39.0 Å². The summed E-state index contributed by atoms with van der Waals surface area (Å²) in [5.74, 6) is -0.971. The van der Waals surface area contributed by atoms with Crippen molar-refractivity contribution in [2.75, 3.05) is 10.9 Å². The molecule has 3 aromatic carbocycles. The van der Waals surface area contributed by atoms with Gasteiger partial charge in [-0.05, 0) is 73.4 Å². The molecule has 4 rings (SSSR count). The predicted octanol–water partition coefficient (Wildman–Crippen LogP) is 6.81. The van der Waals surface area contributed by atoms with Gasteiger partial charge in [-0.2, -0.15) is 13.2 Å². The first-order chi connectivity index (χ1) is 17.3. The first-order valence-electron chi connectivity index (χ1n) is 11.4. The van der Waals surface area contributed by atoms with Gasteiger partial charge < -0.3 is 5.11 Å². The zero-order chi connectivity index (χ0) is 27.1. The minimum absolute atomic E-state index is 0.212. The number of sulfonamides is 1. The van der Waals surface area contributed by atoms with E-state index in [2.05, 4.69) is 0 Å². The average Bonchev–Trinajstić information content (AvgIpc) is 2.83. The lowest BCUT2D eigenvalue weighted by Crippen LogP contribution is -2.48. The van der Waals surface area contributed by atoms with Crippen LogP contribution in [0.25, 0.3) is 11.6 Å². The van der Waals surface area contributed by atoms with Gasteiger partial charge >= 0.3 is 6.18 Å². The van der Waals surface area contributed by atoms with Gasteiger partial charge in [-0.15, -0.1) is 0 Å². The summed E-state index contributed by atoms with van der Waals surface area (Å²) in [6.45, 7) is 2.98. The minimum Gasteiger partial charge on any atom is -0.396 e. The molecule has 0 aliphatic carbocycles. The van der Waals surface area contributed by atoms with Gasteiger partial charge in [0.15, 0.2) is 0 Å². The number of allylic oxidation sites excluding steroid dienone is 1. The van der Waals surface area contributed by atoms with Crippen molar-refractivity contribution in [2.45, 2.75) is 37.4 Å². The molecule has 196 valence electrons. The summed E-state index contributed by atoms with van der Waals surface area (Å²) >= 11 is 6.18. The Hall–Kier alpha value is -2.88. The fraction of sp³-hybridized carbons (Fsp3) is 0.259. The van der Waals surface area contributed by atoms with Gasteiger partial charge in [0.05, 0.1) is 21.2 Å².